The van der Waals surface area contributed by atoms with E-state index >= 15 is 0 Å². The first-order chi connectivity index (χ1) is 15.7. The lowest BCUT2D eigenvalue weighted by atomic mass is 9.85. The van der Waals surface area contributed by atoms with E-state index in [0.717, 1.165) is 34.0 Å². The van der Waals surface area contributed by atoms with Gasteiger partial charge < -0.3 is 9.53 Å². The molecule has 2 heterocycles. The number of rotatable bonds is 8. The second-order valence-corrected chi connectivity index (χ2v) is 9.83. The summed E-state index contributed by atoms with van der Waals surface area (Å²) in [6.45, 7) is 8.02. The van der Waals surface area contributed by atoms with Gasteiger partial charge in [-0.2, -0.15) is 5.10 Å². The second kappa shape index (κ2) is 10.9. The van der Waals surface area contributed by atoms with Crippen LogP contribution in [0, 0.1) is 0 Å². The number of aromatic nitrogens is 2. The molecule has 1 amide bonds. The average molecular weight is 515 g/mol. The number of anilines is 1. The molecule has 1 aliphatic rings. The quantitative estimate of drug-likeness (QED) is 0.425. The van der Waals surface area contributed by atoms with Gasteiger partial charge in [0, 0.05) is 35.1 Å². The van der Waals surface area contributed by atoms with E-state index in [1.54, 1.807) is 10.9 Å². The minimum atomic E-state index is -0.634. The molecule has 0 bridgehead atoms. The fourth-order valence-corrected chi connectivity index (χ4v) is 4.18. The summed E-state index contributed by atoms with van der Waals surface area (Å²) in [5, 5.41) is 7.83. The summed E-state index contributed by atoms with van der Waals surface area (Å²) in [5.74, 6) is 0.440. The van der Waals surface area contributed by atoms with Crippen LogP contribution in [-0.4, -0.2) is 34.0 Å². The van der Waals surface area contributed by atoms with E-state index in [1.807, 2.05) is 58.0 Å². The molecule has 0 saturated carbocycles. The lowest BCUT2D eigenvalue weighted by molar-refractivity contribution is -0.107. The highest BCUT2D eigenvalue weighted by molar-refractivity contribution is 9.10. The Morgan fingerprint density at radius 1 is 1.33 bits per heavy atom. The van der Waals surface area contributed by atoms with Crippen LogP contribution in [0.4, 0.5) is 10.6 Å². The topological polar surface area (TPSA) is 85.6 Å². The van der Waals surface area contributed by atoms with Gasteiger partial charge in [-0.25, -0.2) is 9.48 Å². The predicted octanol–water partition coefficient (Wildman–Crippen LogP) is 6.20. The van der Waals surface area contributed by atoms with Crippen LogP contribution in [0.3, 0.4) is 0 Å². The van der Waals surface area contributed by atoms with E-state index in [9.17, 15) is 9.59 Å². The number of nitrogens with zero attached hydrogens (tertiary/aromatic N) is 3. The molecule has 7 nitrogen and oxygen atoms in total. The highest BCUT2D eigenvalue weighted by Gasteiger charge is 2.31. The van der Waals surface area contributed by atoms with Crippen LogP contribution >= 0.6 is 15.9 Å². The minimum Gasteiger partial charge on any atom is -0.444 e. The lowest BCUT2D eigenvalue weighted by Crippen LogP contribution is -2.28. The van der Waals surface area contributed by atoms with Crippen LogP contribution in [0.5, 0.6) is 0 Å². The molecule has 0 aliphatic carbocycles. The number of dihydropyridines is 1. The zero-order valence-electron chi connectivity index (χ0n) is 19.5. The maximum Gasteiger partial charge on any atom is 0.413 e. The number of nitrogens with one attached hydrogen (secondary N) is 1. The Balaban J connectivity index is 2.16. The van der Waals surface area contributed by atoms with Crippen LogP contribution in [0.25, 0.3) is 0 Å². The molecule has 0 saturated heterocycles. The lowest BCUT2D eigenvalue weighted by Gasteiger charge is -2.23. The van der Waals surface area contributed by atoms with Crippen molar-refractivity contribution in [3.63, 3.8) is 0 Å². The van der Waals surface area contributed by atoms with Crippen LogP contribution < -0.4 is 5.32 Å². The smallest absolute Gasteiger partial charge is 0.413 e. The maximum absolute atomic E-state index is 12.8. The largest absolute Gasteiger partial charge is 0.444 e. The number of amides is 1. The molecule has 1 N–H and O–H groups in total. The monoisotopic (exact) mass is 514 g/mol. The summed E-state index contributed by atoms with van der Waals surface area (Å²) in [7, 11) is 0. The molecule has 0 radical (unpaired) electrons. The van der Waals surface area contributed by atoms with Gasteiger partial charge in [0.15, 0.2) is 0 Å². The molecule has 1 aromatic heterocycles. The van der Waals surface area contributed by atoms with Crippen molar-refractivity contribution in [2.45, 2.75) is 71.1 Å². The normalized spacial score (nSPS) is 16.5. The Labute approximate surface area is 203 Å². The summed E-state index contributed by atoms with van der Waals surface area (Å²) in [6, 6.07) is 7.87. The Bertz CT molecular complexity index is 1040. The molecule has 0 spiro atoms. The van der Waals surface area contributed by atoms with Crippen LogP contribution in [0.1, 0.15) is 75.7 Å². The van der Waals surface area contributed by atoms with Crippen molar-refractivity contribution in [2.75, 3.05) is 5.32 Å². The van der Waals surface area contributed by atoms with Gasteiger partial charge in [-0.3, -0.25) is 10.3 Å². The number of benzene rings is 1. The van der Waals surface area contributed by atoms with Crippen LogP contribution in [-0.2, 0) is 16.1 Å². The zero-order valence-corrected chi connectivity index (χ0v) is 21.1. The van der Waals surface area contributed by atoms with Gasteiger partial charge >= 0.3 is 6.09 Å². The number of hydrogen-bond acceptors (Lipinski definition) is 5. The summed E-state index contributed by atoms with van der Waals surface area (Å²) in [4.78, 5) is 28.8. The molecule has 33 heavy (non-hydrogen) atoms. The molecule has 176 valence electrons. The summed E-state index contributed by atoms with van der Waals surface area (Å²) < 4.78 is 8.30. The van der Waals surface area contributed by atoms with Gasteiger partial charge in [0.05, 0.1) is 11.7 Å². The zero-order chi connectivity index (χ0) is 24.0. The summed E-state index contributed by atoms with van der Waals surface area (Å²) in [6.07, 6.45) is 7.85. The van der Waals surface area contributed by atoms with Crippen molar-refractivity contribution < 1.29 is 14.3 Å². The minimum absolute atomic E-state index is 0.148. The van der Waals surface area contributed by atoms with Crippen molar-refractivity contribution in [2.24, 2.45) is 4.99 Å². The fourth-order valence-electron chi connectivity index (χ4n) is 3.92. The molecule has 1 aliphatic heterocycles. The molecule has 0 fully saturated rings. The molecule has 2 atom stereocenters. The number of ether oxygens (including phenoxy) is 1. The molecule has 2 aromatic rings. The van der Waals surface area contributed by atoms with E-state index in [1.165, 1.54) is 0 Å². The molecule has 2 unspecified atom stereocenters. The number of hydrogen-bond donors (Lipinski definition) is 1. The van der Waals surface area contributed by atoms with E-state index in [4.69, 9.17) is 9.84 Å². The highest BCUT2D eigenvalue weighted by Crippen LogP contribution is 2.41. The third kappa shape index (κ3) is 6.41. The predicted molar refractivity (Wildman–Crippen MR) is 134 cm³/mol. The standard InChI is InChI=1S/C25H31BrN4O3/c1-5-30-23(28-24(32)33-25(2,3)4)21(22(29-30)20-10-6-7-15-27-20)19(9-8-16-31)17-11-13-18(26)14-12-17/h6-7,11-16,19-20H,5,8-10H2,1-4H3,(H,28,32). The summed E-state index contributed by atoms with van der Waals surface area (Å²) >= 11 is 3.50. The van der Waals surface area contributed by atoms with Crippen LogP contribution in [0.2, 0.25) is 0 Å². The van der Waals surface area contributed by atoms with Crippen molar-refractivity contribution in [1.29, 1.82) is 0 Å². The van der Waals surface area contributed by atoms with Gasteiger partial charge in [-0.1, -0.05) is 34.1 Å². The van der Waals surface area contributed by atoms with Gasteiger partial charge in [0.2, 0.25) is 0 Å². The first-order valence-electron chi connectivity index (χ1n) is 11.2. The van der Waals surface area contributed by atoms with Crippen molar-refractivity contribution in [3.05, 3.63) is 57.7 Å². The first kappa shape index (κ1) is 24.9. The van der Waals surface area contributed by atoms with Crippen molar-refractivity contribution in [1.82, 2.24) is 9.78 Å². The number of aliphatic imine (C=N–C) groups is 1. The third-order valence-corrected chi connectivity index (χ3v) is 5.82. The third-order valence-electron chi connectivity index (χ3n) is 5.29. The number of aryl methyl sites for hydroxylation is 1. The van der Waals surface area contributed by atoms with Gasteiger partial charge in [0.25, 0.3) is 0 Å². The van der Waals surface area contributed by atoms with Gasteiger partial charge in [-0.15, -0.1) is 0 Å². The molecule has 3 rings (SSSR count). The number of carbonyl (C=O) groups is 2. The highest BCUT2D eigenvalue weighted by atomic mass is 79.9. The van der Waals surface area contributed by atoms with Crippen molar-refractivity contribution in [3.8, 4) is 0 Å². The Kier molecular flexibility index (Phi) is 8.24. The SMILES string of the molecule is CCn1nc(C2CC=CC=N2)c(C(CCC=O)c2ccc(Br)cc2)c1NC(=O)OC(C)(C)C. The second-order valence-electron chi connectivity index (χ2n) is 8.92. The molecular formula is C25H31BrN4O3. The summed E-state index contributed by atoms with van der Waals surface area (Å²) in [5.41, 5.74) is 2.09. The van der Waals surface area contributed by atoms with E-state index < -0.39 is 11.7 Å². The number of carbonyl (C=O) groups excluding carboxylic acids is 2. The Hall–Kier alpha value is -2.74. The van der Waals surface area contributed by atoms with Gasteiger partial charge in [-0.05, 0) is 64.3 Å². The fraction of sp³-hybridized carbons (Fsp3) is 0.440. The Morgan fingerprint density at radius 2 is 2.06 bits per heavy atom. The number of aldehydes is 1. The average Bonchev–Trinajstić information content (AvgIpc) is 3.12. The van der Waals surface area contributed by atoms with E-state index in [-0.39, 0.29) is 12.0 Å². The van der Waals surface area contributed by atoms with Crippen LogP contribution in [0.15, 0.2) is 45.9 Å². The maximum atomic E-state index is 12.8. The van der Waals surface area contributed by atoms with E-state index in [0.29, 0.717) is 25.2 Å². The van der Waals surface area contributed by atoms with E-state index in [2.05, 4.69) is 32.3 Å². The molecule has 8 heteroatoms. The molecular weight excluding hydrogens is 484 g/mol. The Morgan fingerprint density at radius 3 is 2.64 bits per heavy atom. The first-order valence-corrected chi connectivity index (χ1v) is 12.0. The van der Waals surface area contributed by atoms with Gasteiger partial charge in [0.1, 0.15) is 17.7 Å². The number of halogens is 1. The molecule has 1 aromatic carbocycles. The number of allylic oxidation sites excluding steroid dienone is 1. The van der Waals surface area contributed by atoms with Crippen molar-refractivity contribution >= 4 is 40.3 Å².